The van der Waals surface area contributed by atoms with Crippen LogP contribution in [0.25, 0.3) is 0 Å². The average molecular weight is 370 g/mol. The van der Waals surface area contributed by atoms with Gasteiger partial charge in [-0.05, 0) is 66.7 Å². The molecule has 0 N–H and O–H groups in total. The average Bonchev–Trinajstić information content (AvgIpc) is 2.50. The molecular weight excluding hydrogens is 334 g/mol. The van der Waals surface area contributed by atoms with E-state index in [-0.39, 0.29) is 18.3 Å². The molecule has 0 aromatic heterocycles. The number of nitrogens with zero attached hydrogens (tertiary/aromatic N) is 1. The summed E-state index contributed by atoms with van der Waals surface area (Å²) in [4.78, 5) is 25.3. The number of hydrogen-bond acceptors (Lipinski definition) is 5. The molecule has 0 aromatic carbocycles. The molecule has 0 fully saturated rings. The molecule has 2 unspecified atom stereocenters. The fraction of sp³-hybridized carbons (Fsp3) is 0.800. The first-order valence-electron chi connectivity index (χ1n) is 9.52. The van der Waals surface area contributed by atoms with Gasteiger partial charge in [0.15, 0.2) is 0 Å². The van der Waals surface area contributed by atoms with E-state index in [1.807, 2.05) is 41.5 Å². The van der Waals surface area contributed by atoms with Gasteiger partial charge in [0.1, 0.15) is 11.7 Å². The quantitative estimate of drug-likeness (QED) is 0.491. The fourth-order valence-electron chi connectivity index (χ4n) is 2.74. The van der Waals surface area contributed by atoms with Gasteiger partial charge in [0.2, 0.25) is 0 Å². The van der Waals surface area contributed by atoms with Crippen LogP contribution in [0.3, 0.4) is 0 Å². The Kier molecular flexibility index (Phi) is 8.44. The summed E-state index contributed by atoms with van der Waals surface area (Å²) in [7, 11) is 0. The predicted octanol–water partition coefficient (Wildman–Crippen LogP) is 4.92. The molecule has 0 spiro atoms. The van der Waals surface area contributed by atoms with Crippen molar-refractivity contribution < 1.29 is 23.8 Å². The van der Waals surface area contributed by atoms with Gasteiger partial charge in [-0.25, -0.2) is 9.59 Å². The van der Waals surface area contributed by atoms with Gasteiger partial charge in [0, 0.05) is 13.1 Å². The van der Waals surface area contributed by atoms with Crippen LogP contribution in [0.4, 0.5) is 9.59 Å². The number of rotatable bonds is 6. The first-order valence-corrected chi connectivity index (χ1v) is 9.52. The minimum atomic E-state index is -0.617. The second-order valence-corrected chi connectivity index (χ2v) is 8.28. The highest BCUT2D eigenvalue weighted by molar-refractivity contribution is 5.68. The molecule has 1 aliphatic rings. The Bertz CT molecular complexity index is 507. The molecule has 1 rings (SSSR count). The van der Waals surface area contributed by atoms with Crippen LogP contribution in [-0.2, 0) is 14.2 Å². The maximum absolute atomic E-state index is 11.9. The molecule has 2 atom stereocenters. The molecule has 0 saturated carbocycles. The highest BCUT2D eigenvalue weighted by atomic mass is 16.7. The first kappa shape index (κ1) is 22.3. The Hall–Kier alpha value is -1.72. The van der Waals surface area contributed by atoms with Crippen molar-refractivity contribution in [3.63, 3.8) is 0 Å². The lowest BCUT2D eigenvalue weighted by atomic mass is 9.90. The Labute approximate surface area is 157 Å². The SMILES string of the molecule is CC(C)OC(=O)N1CC=C(C(C)CCC(C)OC(=O)OC(C)(C)C)CC1. The van der Waals surface area contributed by atoms with Crippen molar-refractivity contribution in [2.75, 3.05) is 13.1 Å². The van der Waals surface area contributed by atoms with Gasteiger partial charge in [-0.15, -0.1) is 0 Å². The van der Waals surface area contributed by atoms with Gasteiger partial charge in [-0.2, -0.15) is 0 Å². The van der Waals surface area contributed by atoms with Crippen molar-refractivity contribution in [3.8, 4) is 0 Å². The van der Waals surface area contributed by atoms with Gasteiger partial charge in [-0.3, -0.25) is 0 Å². The van der Waals surface area contributed by atoms with Crippen molar-refractivity contribution in [2.24, 2.45) is 5.92 Å². The Balaban J connectivity index is 2.37. The van der Waals surface area contributed by atoms with E-state index in [0.29, 0.717) is 19.0 Å². The van der Waals surface area contributed by atoms with Crippen molar-refractivity contribution in [1.82, 2.24) is 4.90 Å². The van der Waals surface area contributed by atoms with E-state index >= 15 is 0 Å². The Morgan fingerprint density at radius 2 is 1.77 bits per heavy atom. The van der Waals surface area contributed by atoms with Crippen molar-refractivity contribution in [1.29, 1.82) is 0 Å². The van der Waals surface area contributed by atoms with Gasteiger partial charge < -0.3 is 19.1 Å². The molecule has 1 heterocycles. The van der Waals surface area contributed by atoms with Crippen molar-refractivity contribution in [2.45, 2.75) is 85.5 Å². The first-order chi connectivity index (χ1) is 12.0. The number of carbonyl (C=O) groups is 2. The minimum absolute atomic E-state index is 0.0988. The van der Waals surface area contributed by atoms with Gasteiger partial charge >= 0.3 is 12.2 Å². The number of ether oxygens (including phenoxy) is 3. The smallest absolute Gasteiger partial charge is 0.447 e. The van der Waals surface area contributed by atoms with Gasteiger partial charge in [-0.1, -0.05) is 18.6 Å². The normalized spacial score (nSPS) is 17.4. The van der Waals surface area contributed by atoms with E-state index in [2.05, 4.69) is 13.0 Å². The number of carbonyl (C=O) groups excluding carboxylic acids is 2. The molecule has 6 nitrogen and oxygen atoms in total. The molecule has 150 valence electrons. The largest absolute Gasteiger partial charge is 0.509 e. The van der Waals surface area contributed by atoms with Gasteiger partial charge in [0.25, 0.3) is 0 Å². The highest BCUT2D eigenvalue weighted by Crippen LogP contribution is 2.25. The van der Waals surface area contributed by atoms with E-state index in [0.717, 1.165) is 19.3 Å². The molecule has 0 aromatic rings. The molecule has 6 heteroatoms. The third-order valence-corrected chi connectivity index (χ3v) is 4.17. The standard InChI is InChI=1S/C20H35NO5/c1-14(2)24-18(22)21-12-10-17(11-13-21)15(3)8-9-16(4)25-19(23)26-20(5,6)7/h10,14-16H,8-9,11-13H2,1-7H3. The Morgan fingerprint density at radius 1 is 1.12 bits per heavy atom. The molecular formula is C20H35NO5. The van der Waals surface area contributed by atoms with Crippen LogP contribution in [0.15, 0.2) is 11.6 Å². The van der Waals surface area contributed by atoms with Crippen molar-refractivity contribution >= 4 is 12.2 Å². The highest BCUT2D eigenvalue weighted by Gasteiger charge is 2.23. The molecule has 0 saturated heterocycles. The van der Waals surface area contributed by atoms with Crippen LogP contribution in [0.2, 0.25) is 0 Å². The summed E-state index contributed by atoms with van der Waals surface area (Å²) in [5, 5.41) is 0. The summed E-state index contributed by atoms with van der Waals surface area (Å²) in [6.07, 6.45) is 3.52. The van der Waals surface area contributed by atoms with Crippen LogP contribution in [0, 0.1) is 5.92 Å². The third kappa shape index (κ3) is 8.59. The van der Waals surface area contributed by atoms with Crippen LogP contribution in [0.5, 0.6) is 0 Å². The minimum Gasteiger partial charge on any atom is -0.447 e. The lowest BCUT2D eigenvalue weighted by Gasteiger charge is -2.29. The van der Waals surface area contributed by atoms with Crippen LogP contribution >= 0.6 is 0 Å². The van der Waals surface area contributed by atoms with E-state index < -0.39 is 11.8 Å². The van der Waals surface area contributed by atoms with Crippen LogP contribution in [-0.4, -0.2) is 48.0 Å². The summed E-state index contributed by atoms with van der Waals surface area (Å²) >= 11 is 0. The summed E-state index contributed by atoms with van der Waals surface area (Å²) < 4.78 is 15.7. The van der Waals surface area contributed by atoms with Crippen LogP contribution in [0.1, 0.15) is 67.7 Å². The zero-order chi connectivity index (χ0) is 19.9. The van der Waals surface area contributed by atoms with E-state index in [1.165, 1.54) is 5.57 Å². The predicted molar refractivity (Wildman–Crippen MR) is 101 cm³/mol. The van der Waals surface area contributed by atoms with Crippen LogP contribution < -0.4 is 0 Å². The molecule has 0 aliphatic carbocycles. The zero-order valence-corrected chi connectivity index (χ0v) is 17.3. The number of hydrogen-bond donors (Lipinski definition) is 0. The molecule has 1 aliphatic heterocycles. The lowest BCUT2D eigenvalue weighted by molar-refractivity contribution is -0.0252. The second-order valence-electron chi connectivity index (χ2n) is 8.28. The lowest BCUT2D eigenvalue weighted by Crippen LogP contribution is -2.37. The topological polar surface area (TPSA) is 65.1 Å². The van der Waals surface area contributed by atoms with E-state index in [1.54, 1.807) is 4.90 Å². The summed E-state index contributed by atoms with van der Waals surface area (Å²) in [6, 6.07) is 0. The maximum Gasteiger partial charge on any atom is 0.509 e. The fourth-order valence-corrected chi connectivity index (χ4v) is 2.74. The van der Waals surface area contributed by atoms with Gasteiger partial charge in [0.05, 0.1) is 6.10 Å². The maximum atomic E-state index is 11.9. The molecule has 0 radical (unpaired) electrons. The second kappa shape index (κ2) is 9.83. The summed E-state index contributed by atoms with van der Waals surface area (Å²) in [6.45, 7) is 14.5. The molecule has 1 amide bonds. The number of amides is 1. The van der Waals surface area contributed by atoms with E-state index in [9.17, 15) is 9.59 Å². The summed E-state index contributed by atoms with van der Waals surface area (Å²) in [5.74, 6) is 0.392. The zero-order valence-electron chi connectivity index (χ0n) is 17.3. The Morgan fingerprint density at radius 3 is 2.27 bits per heavy atom. The third-order valence-electron chi connectivity index (χ3n) is 4.17. The molecule has 26 heavy (non-hydrogen) atoms. The monoisotopic (exact) mass is 369 g/mol. The van der Waals surface area contributed by atoms with Crippen molar-refractivity contribution in [3.05, 3.63) is 11.6 Å². The summed E-state index contributed by atoms with van der Waals surface area (Å²) in [5.41, 5.74) is 0.808. The molecule has 0 bridgehead atoms. The van der Waals surface area contributed by atoms with E-state index in [4.69, 9.17) is 14.2 Å².